The van der Waals surface area contributed by atoms with E-state index in [-0.39, 0.29) is 5.95 Å². The molecule has 2 N–H and O–H groups in total. The fourth-order valence-electron chi connectivity index (χ4n) is 1.93. The molecule has 2 rings (SSSR count). The van der Waals surface area contributed by atoms with Crippen LogP contribution in [0.5, 0.6) is 0 Å². The van der Waals surface area contributed by atoms with Crippen LogP contribution in [0.3, 0.4) is 0 Å². The van der Waals surface area contributed by atoms with Gasteiger partial charge < -0.3 is 15.5 Å². The lowest BCUT2D eigenvalue weighted by Crippen LogP contribution is -2.17. The number of rotatable bonds is 7. The number of nitrogens with zero attached hydrogens (tertiary/aromatic N) is 4. The predicted molar refractivity (Wildman–Crippen MR) is 86.2 cm³/mol. The van der Waals surface area contributed by atoms with E-state index in [0.29, 0.717) is 11.5 Å². The minimum absolute atomic E-state index is 0.215. The van der Waals surface area contributed by atoms with Gasteiger partial charge in [-0.2, -0.15) is 23.3 Å². The van der Waals surface area contributed by atoms with Crippen molar-refractivity contribution >= 4 is 17.5 Å². The zero-order valence-electron chi connectivity index (χ0n) is 13.4. The summed E-state index contributed by atoms with van der Waals surface area (Å²) in [6.45, 7) is 1.68. The van der Waals surface area contributed by atoms with Crippen molar-refractivity contribution in [2.24, 2.45) is 0 Å². The van der Waals surface area contributed by atoms with Crippen LogP contribution in [0, 0.1) is 0 Å². The number of alkyl halides is 3. The maximum atomic E-state index is 12.5. The zero-order valence-corrected chi connectivity index (χ0v) is 13.4. The minimum Gasteiger partial charge on any atom is -0.369 e. The molecule has 0 bridgehead atoms. The van der Waals surface area contributed by atoms with Crippen molar-refractivity contribution in [2.45, 2.75) is 12.6 Å². The molecular weight excluding hydrogens is 321 g/mol. The van der Waals surface area contributed by atoms with E-state index in [0.717, 1.165) is 31.6 Å². The van der Waals surface area contributed by atoms with E-state index in [1.165, 1.54) is 18.3 Å². The van der Waals surface area contributed by atoms with Gasteiger partial charge in [-0.15, -0.1) is 5.10 Å². The molecular formula is C15H19F3N6. The number of anilines is 3. The Morgan fingerprint density at radius 2 is 1.83 bits per heavy atom. The van der Waals surface area contributed by atoms with Gasteiger partial charge in [-0.1, -0.05) is 0 Å². The molecule has 0 aliphatic carbocycles. The van der Waals surface area contributed by atoms with Gasteiger partial charge in [0.2, 0.25) is 5.95 Å². The van der Waals surface area contributed by atoms with Crippen LogP contribution in [0.1, 0.15) is 12.0 Å². The smallest absolute Gasteiger partial charge is 0.369 e. The Kier molecular flexibility index (Phi) is 5.91. The van der Waals surface area contributed by atoms with Crippen LogP contribution < -0.4 is 10.6 Å². The summed E-state index contributed by atoms with van der Waals surface area (Å²) >= 11 is 0. The summed E-state index contributed by atoms with van der Waals surface area (Å²) < 4.78 is 37.6. The van der Waals surface area contributed by atoms with E-state index in [2.05, 4.69) is 30.7 Å². The Morgan fingerprint density at radius 3 is 2.46 bits per heavy atom. The topological polar surface area (TPSA) is 66.0 Å². The fraction of sp³-hybridized carbons (Fsp3) is 0.400. The van der Waals surface area contributed by atoms with E-state index in [9.17, 15) is 13.2 Å². The normalized spacial score (nSPS) is 11.6. The third-order valence-corrected chi connectivity index (χ3v) is 3.12. The van der Waals surface area contributed by atoms with Gasteiger partial charge in [-0.05, 0) is 51.3 Å². The van der Waals surface area contributed by atoms with Crippen molar-refractivity contribution in [2.75, 3.05) is 37.8 Å². The van der Waals surface area contributed by atoms with Gasteiger partial charge in [0.05, 0.1) is 11.8 Å². The highest BCUT2D eigenvalue weighted by Gasteiger charge is 2.29. The van der Waals surface area contributed by atoms with Crippen LogP contribution in [-0.4, -0.2) is 47.3 Å². The van der Waals surface area contributed by atoms with Gasteiger partial charge in [-0.25, -0.2) is 0 Å². The molecule has 0 saturated heterocycles. The van der Waals surface area contributed by atoms with Gasteiger partial charge >= 0.3 is 6.18 Å². The summed E-state index contributed by atoms with van der Waals surface area (Å²) in [7, 11) is 4.00. The number of benzene rings is 1. The van der Waals surface area contributed by atoms with Gasteiger partial charge in [0.15, 0.2) is 5.82 Å². The molecule has 0 spiro atoms. The fourth-order valence-corrected chi connectivity index (χ4v) is 1.93. The number of halogens is 3. The molecule has 1 aromatic carbocycles. The summed E-state index contributed by atoms with van der Waals surface area (Å²) in [5, 5.41) is 13.6. The molecule has 0 radical (unpaired) electrons. The Bertz CT molecular complexity index is 642. The SMILES string of the molecule is CN(C)CCCNc1cnnc(Nc2ccc(C(F)(F)F)cc2)n1. The van der Waals surface area contributed by atoms with Crippen LogP contribution in [0.25, 0.3) is 0 Å². The quantitative estimate of drug-likeness (QED) is 0.756. The van der Waals surface area contributed by atoms with Gasteiger partial charge in [0.1, 0.15) is 0 Å². The molecule has 0 fully saturated rings. The zero-order chi connectivity index (χ0) is 17.6. The van der Waals surface area contributed by atoms with Crippen LogP contribution in [0.4, 0.5) is 30.6 Å². The van der Waals surface area contributed by atoms with E-state index in [1.54, 1.807) is 0 Å². The van der Waals surface area contributed by atoms with Gasteiger partial charge in [0, 0.05) is 12.2 Å². The van der Waals surface area contributed by atoms with Gasteiger partial charge in [0.25, 0.3) is 0 Å². The predicted octanol–water partition coefficient (Wildman–Crippen LogP) is 3.00. The molecule has 0 aliphatic rings. The Balaban J connectivity index is 1.94. The minimum atomic E-state index is -4.35. The maximum absolute atomic E-state index is 12.5. The second-order valence-corrected chi connectivity index (χ2v) is 5.45. The second kappa shape index (κ2) is 7.91. The van der Waals surface area contributed by atoms with E-state index in [1.807, 2.05) is 14.1 Å². The first-order valence-corrected chi connectivity index (χ1v) is 7.37. The monoisotopic (exact) mass is 340 g/mol. The standard InChI is InChI=1S/C15H19F3N6/c1-24(2)9-3-8-19-13-10-20-23-14(22-13)21-12-6-4-11(5-7-12)15(16,17)18/h4-7,10H,3,8-9H2,1-2H3,(H2,19,21,22,23). The van der Waals surface area contributed by atoms with Crippen molar-refractivity contribution in [3.8, 4) is 0 Å². The molecule has 6 nitrogen and oxygen atoms in total. The number of hydrogen-bond acceptors (Lipinski definition) is 6. The molecule has 24 heavy (non-hydrogen) atoms. The van der Waals surface area contributed by atoms with E-state index < -0.39 is 11.7 Å². The van der Waals surface area contributed by atoms with Crippen molar-refractivity contribution in [3.63, 3.8) is 0 Å². The Hall–Kier alpha value is -2.42. The maximum Gasteiger partial charge on any atom is 0.416 e. The third-order valence-electron chi connectivity index (χ3n) is 3.12. The summed E-state index contributed by atoms with van der Waals surface area (Å²) in [6.07, 6.45) is -1.92. The number of nitrogens with one attached hydrogen (secondary N) is 2. The lowest BCUT2D eigenvalue weighted by molar-refractivity contribution is -0.137. The first-order chi connectivity index (χ1) is 11.3. The molecule has 9 heteroatoms. The highest BCUT2D eigenvalue weighted by Crippen LogP contribution is 2.30. The van der Waals surface area contributed by atoms with Crippen LogP contribution in [0.2, 0.25) is 0 Å². The largest absolute Gasteiger partial charge is 0.416 e. The van der Waals surface area contributed by atoms with Crippen molar-refractivity contribution in [1.29, 1.82) is 0 Å². The molecule has 0 saturated carbocycles. The molecule has 0 unspecified atom stereocenters. The molecule has 2 aromatic rings. The summed E-state index contributed by atoms with van der Waals surface area (Å²) in [4.78, 5) is 6.31. The number of hydrogen-bond donors (Lipinski definition) is 2. The molecule has 130 valence electrons. The highest BCUT2D eigenvalue weighted by atomic mass is 19.4. The first-order valence-electron chi connectivity index (χ1n) is 7.37. The second-order valence-electron chi connectivity index (χ2n) is 5.45. The van der Waals surface area contributed by atoms with Crippen LogP contribution in [-0.2, 0) is 6.18 Å². The highest BCUT2D eigenvalue weighted by molar-refractivity contribution is 5.54. The molecule has 1 aromatic heterocycles. The lowest BCUT2D eigenvalue weighted by Gasteiger charge is -2.11. The van der Waals surface area contributed by atoms with E-state index >= 15 is 0 Å². The molecule has 0 atom stereocenters. The van der Waals surface area contributed by atoms with E-state index in [4.69, 9.17) is 0 Å². The summed E-state index contributed by atoms with van der Waals surface area (Å²) in [5.74, 6) is 0.769. The van der Waals surface area contributed by atoms with Crippen molar-refractivity contribution < 1.29 is 13.2 Å². The van der Waals surface area contributed by atoms with Gasteiger partial charge in [-0.3, -0.25) is 0 Å². The first kappa shape index (κ1) is 17.9. The number of aromatic nitrogens is 3. The molecule has 1 heterocycles. The molecule has 0 amide bonds. The average Bonchev–Trinajstić information content (AvgIpc) is 2.51. The Morgan fingerprint density at radius 1 is 1.12 bits per heavy atom. The van der Waals surface area contributed by atoms with Crippen molar-refractivity contribution in [1.82, 2.24) is 20.1 Å². The Labute approximate surface area is 138 Å². The van der Waals surface area contributed by atoms with Crippen molar-refractivity contribution in [3.05, 3.63) is 36.0 Å². The third kappa shape index (κ3) is 5.65. The molecule has 0 aliphatic heterocycles. The average molecular weight is 340 g/mol. The van der Waals surface area contributed by atoms with Crippen LogP contribution in [0.15, 0.2) is 30.5 Å². The summed E-state index contributed by atoms with van der Waals surface area (Å²) in [5.41, 5.74) is -0.252. The lowest BCUT2D eigenvalue weighted by atomic mass is 10.2. The summed E-state index contributed by atoms with van der Waals surface area (Å²) in [6, 6.07) is 4.64. The van der Waals surface area contributed by atoms with Crippen LogP contribution >= 0.6 is 0 Å².